The SMILES string of the molecule is [N-]=[N+]=NC1(COP(=O)(O)OP(=O)(O)OP(=O)(O)O)O[C@@H](c2ccc3c(N)ncnn23)[C@H](F)[C@@H]1O. The van der Waals surface area contributed by atoms with Gasteiger partial charge in [-0.15, -0.1) is 0 Å². The standard InChI is InChI=1S/C11H15FN7O12P3/c12-7-8(5-1-2-6-10(13)15-4-16-19(5)6)29-11(9(7)20,17-18-14)3-28-33(24,25)31-34(26,27)30-32(21,22)23/h1-2,4,7-9,20H,3H2,(H,24,25)(H,26,27)(H2,13,15,16)(H2,21,22,23)/t7-,8-,9-,11?/m0/s1. The molecule has 0 amide bonds. The Morgan fingerprint density at radius 2 is 1.94 bits per heavy atom. The van der Waals surface area contributed by atoms with Crippen molar-refractivity contribution < 1.29 is 60.6 Å². The molecule has 1 aliphatic rings. The van der Waals surface area contributed by atoms with Crippen LogP contribution in [0.25, 0.3) is 16.0 Å². The number of azide groups is 1. The molecule has 1 saturated heterocycles. The molecule has 0 aromatic carbocycles. The van der Waals surface area contributed by atoms with Crippen molar-refractivity contribution in [2.75, 3.05) is 12.3 Å². The lowest BCUT2D eigenvalue weighted by atomic mass is 10.0. The lowest BCUT2D eigenvalue weighted by Gasteiger charge is -2.27. The van der Waals surface area contributed by atoms with Gasteiger partial charge in [-0.25, -0.2) is 27.6 Å². The minimum Gasteiger partial charge on any atom is -0.387 e. The summed E-state index contributed by atoms with van der Waals surface area (Å²) in [4.78, 5) is 42.0. The molecule has 2 aromatic rings. The lowest BCUT2D eigenvalue weighted by Crippen LogP contribution is -2.44. The molecular weight excluding hydrogens is 534 g/mol. The van der Waals surface area contributed by atoms with Gasteiger partial charge in [0.05, 0.1) is 12.3 Å². The largest absolute Gasteiger partial charge is 0.490 e. The van der Waals surface area contributed by atoms with Crippen LogP contribution in [0, 0.1) is 0 Å². The van der Waals surface area contributed by atoms with Gasteiger partial charge in [-0.3, -0.25) is 4.52 Å². The van der Waals surface area contributed by atoms with Gasteiger partial charge in [0.2, 0.25) is 0 Å². The van der Waals surface area contributed by atoms with E-state index in [2.05, 4.69) is 33.3 Å². The highest BCUT2D eigenvalue weighted by Gasteiger charge is 2.57. The van der Waals surface area contributed by atoms with E-state index in [1.807, 2.05) is 0 Å². The summed E-state index contributed by atoms with van der Waals surface area (Å²) in [5.41, 5.74) is 12.0. The van der Waals surface area contributed by atoms with Crippen LogP contribution in [0.15, 0.2) is 23.6 Å². The summed E-state index contributed by atoms with van der Waals surface area (Å²) < 4.78 is 67.0. The van der Waals surface area contributed by atoms with Crippen LogP contribution in [-0.4, -0.2) is 63.9 Å². The highest BCUT2D eigenvalue weighted by atomic mass is 31.3. The number of hydrogen-bond donors (Lipinski definition) is 6. The van der Waals surface area contributed by atoms with Crippen LogP contribution in [0.5, 0.6) is 0 Å². The molecule has 34 heavy (non-hydrogen) atoms. The fourth-order valence-electron chi connectivity index (χ4n) is 2.96. The number of nitrogens with zero attached hydrogens (tertiary/aromatic N) is 6. The molecule has 0 aliphatic carbocycles. The first-order valence-electron chi connectivity index (χ1n) is 8.52. The molecule has 3 heterocycles. The first-order valence-corrected chi connectivity index (χ1v) is 13.0. The molecule has 23 heteroatoms. The number of aromatic nitrogens is 3. The Hall–Kier alpha value is -2.01. The van der Waals surface area contributed by atoms with Crippen LogP contribution in [-0.2, 0) is 31.6 Å². The molecule has 0 bridgehead atoms. The summed E-state index contributed by atoms with van der Waals surface area (Å²) >= 11 is 0. The predicted octanol–water partition coefficient (Wildman–Crippen LogP) is 0.432. The molecule has 7 N–H and O–H groups in total. The summed E-state index contributed by atoms with van der Waals surface area (Å²) in [5.74, 6) is 0.0178. The highest BCUT2D eigenvalue weighted by molar-refractivity contribution is 7.66. The van der Waals surface area contributed by atoms with E-state index in [1.54, 1.807) is 0 Å². The van der Waals surface area contributed by atoms with Crippen LogP contribution in [0.1, 0.15) is 11.8 Å². The first kappa shape index (κ1) is 26.6. The van der Waals surface area contributed by atoms with E-state index < -0.39 is 54.2 Å². The third-order valence-corrected chi connectivity index (χ3v) is 8.03. The number of anilines is 1. The maximum absolute atomic E-state index is 15.0. The number of phosphoric ester groups is 1. The Balaban J connectivity index is 1.86. The maximum atomic E-state index is 15.0. The summed E-state index contributed by atoms with van der Waals surface area (Å²) in [6.45, 7) is -1.43. The van der Waals surface area contributed by atoms with Crippen molar-refractivity contribution in [2.45, 2.75) is 24.1 Å². The van der Waals surface area contributed by atoms with Crippen LogP contribution in [0.4, 0.5) is 10.2 Å². The average Bonchev–Trinajstić information content (AvgIpc) is 3.20. The van der Waals surface area contributed by atoms with Crippen molar-refractivity contribution in [2.24, 2.45) is 5.11 Å². The number of hydrogen-bond acceptors (Lipinski definition) is 12. The third-order valence-electron chi connectivity index (χ3n) is 4.25. The third kappa shape index (κ3) is 5.62. The molecule has 1 aliphatic heterocycles. The van der Waals surface area contributed by atoms with E-state index in [9.17, 15) is 28.6 Å². The summed E-state index contributed by atoms with van der Waals surface area (Å²) in [6.07, 6.45) is -5.29. The van der Waals surface area contributed by atoms with E-state index in [-0.39, 0.29) is 17.0 Å². The predicted molar refractivity (Wildman–Crippen MR) is 104 cm³/mol. The van der Waals surface area contributed by atoms with E-state index in [0.717, 1.165) is 10.8 Å². The van der Waals surface area contributed by atoms with Crippen molar-refractivity contribution in [3.05, 3.63) is 34.6 Å². The van der Waals surface area contributed by atoms with Gasteiger partial charge in [0.15, 0.2) is 17.7 Å². The number of nitrogen functional groups attached to an aromatic ring is 1. The van der Waals surface area contributed by atoms with Crippen LogP contribution in [0.3, 0.4) is 0 Å². The van der Waals surface area contributed by atoms with Gasteiger partial charge in [-0.05, 0) is 17.7 Å². The van der Waals surface area contributed by atoms with Crippen LogP contribution < -0.4 is 5.73 Å². The van der Waals surface area contributed by atoms with Gasteiger partial charge < -0.3 is 35.2 Å². The zero-order chi connectivity index (χ0) is 25.5. The second-order valence-corrected chi connectivity index (χ2v) is 10.9. The summed E-state index contributed by atoms with van der Waals surface area (Å²) in [5, 5.41) is 17.3. The molecular formula is C11H15FN7O12P3. The number of fused-ring (bicyclic) bond motifs is 1. The van der Waals surface area contributed by atoms with E-state index in [1.165, 1.54) is 12.1 Å². The normalized spacial score (nSPS) is 28.8. The van der Waals surface area contributed by atoms with Crippen molar-refractivity contribution in [1.29, 1.82) is 0 Å². The number of aliphatic hydroxyl groups is 1. The Morgan fingerprint density at radius 3 is 2.56 bits per heavy atom. The number of alkyl halides is 1. The number of phosphoric acid groups is 3. The summed E-state index contributed by atoms with van der Waals surface area (Å²) in [6, 6.07) is 2.70. The molecule has 0 radical (unpaired) electrons. The zero-order valence-electron chi connectivity index (χ0n) is 16.2. The quantitative estimate of drug-likeness (QED) is 0.107. The van der Waals surface area contributed by atoms with Crippen LogP contribution in [0.2, 0.25) is 0 Å². The molecule has 3 rings (SSSR count). The van der Waals surface area contributed by atoms with Gasteiger partial charge in [-0.1, -0.05) is 5.11 Å². The van der Waals surface area contributed by atoms with Gasteiger partial charge in [-0.2, -0.15) is 13.7 Å². The van der Waals surface area contributed by atoms with Gasteiger partial charge in [0.25, 0.3) is 0 Å². The minimum absolute atomic E-state index is 0.0178. The molecule has 0 saturated carbocycles. The lowest BCUT2D eigenvalue weighted by molar-refractivity contribution is -0.106. The van der Waals surface area contributed by atoms with Crippen LogP contribution >= 0.6 is 23.5 Å². The summed E-state index contributed by atoms with van der Waals surface area (Å²) in [7, 11) is -17.2. The molecule has 19 nitrogen and oxygen atoms in total. The fourth-order valence-corrected chi connectivity index (χ4v) is 6.01. The number of nitrogens with two attached hydrogens (primary N) is 1. The second kappa shape index (κ2) is 9.22. The van der Waals surface area contributed by atoms with Crippen molar-refractivity contribution in [3.8, 4) is 0 Å². The van der Waals surface area contributed by atoms with E-state index >= 15 is 4.39 Å². The monoisotopic (exact) mass is 549 g/mol. The number of aliphatic hydroxyl groups excluding tert-OH is 1. The fraction of sp³-hybridized carbons (Fsp3) is 0.455. The number of halogens is 1. The zero-order valence-corrected chi connectivity index (χ0v) is 18.9. The maximum Gasteiger partial charge on any atom is 0.490 e. The van der Waals surface area contributed by atoms with E-state index in [0.29, 0.717) is 0 Å². The molecule has 6 atom stereocenters. The highest BCUT2D eigenvalue weighted by Crippen LogP contribution is 2.66. The van der Waals surface area contributed by atoms with E-state index in [4.69, 9.17) is 25.8 Å². The van der Waals surface area contributed by atoms with Gasteiger partial charge in [0, 0.05) is 4.91 Å². The molecule has 2 aromatic heterocycles. The Kier molecular flexibility index (Phi) is 7.21. The minimum atomic E-state index is -5.86. The molecule has 0 spiro atoms. The van der Waals surface area contributed by atoms with Gasteiger partial charge >= 0.3 is 23.5 Å². The second-order valence-electron chi connectivity index (χ2n) is 6.53. The topological polar surface area (TPSA) is 294 Å². The van der Waals surface area contributed by atoms with Crippen molar-refractivity contribution >= 4 is 34.8 Å². The van der Waals surface area contributed by atoms with Gasteiger partial charge in [0.1, 0.15) is 24.1 Å². The number of ether oxygens (including phenoxy) is 1. The smallest absolute Gasteiger partial charge is 0.387 e. The van der Waals surface area contributed by atoms with Crippen molar-refractivity contribution in [1.82, 2.24) is 14.6 Å². The first-order chi connectivity index (χ1) is 15.6. The number of rotatable bonds is 9. The average molecular weight is 549 g/mol. The molecule has 188 valence electrons. The Morgan fingerprint density at radius 1 is 1.26 bits per heavy atom. The Bertz CT molecular complexity index is 1280. The van der Waals surface area contributed by atoms with Crippen molar-refractivity contribution in [3.63, 3.8) is 0 Å². The molecule has 1 fully saturated rings. The molecule has 3 unspecified atom stereocenters. The Labute approximate surface area is 186 Å².